The third-order valence-electron chi connectivity index (χ3n) is 8.76. The summed E-state index contributed by atoms with van der Waals surface area (Å²) >= 11 is 0. The molecule has 1 aromatic rings. The van der Waals surface area contributed by atoms with Crippen molar-refractivity contribution in [1.29, 1.82) is 5.26 Å². The fraction of sp³-hybridized carbons (Fsp3) is 0.630. The van der Waals surface area contributed by atoms with Crippen LogP contribution in [0.3, 0.4) is 0 Å². The van der Waals surface area contributed by atoms with E-state index in [0.29, 0.717) is 13.1 Å². The number of nitrogens with zero attached hydrogens (tertiary/aromatic N) is 4. The van der Waals surface area contributed by atoms with Crippen molar-refractivity contribution in [2.24, 2.45) is 11.1 Å². The lowest BCUT2D eigenvalue weighted by Gasteiger charge is -2.52. The molecule has 4 rings (SSSR count). The number of amides is 3. The standard InChI is InChI=1S/C27H37N5O3/c1-30(2)27(21-7-4-3-5-8-21)15-13-26(14-16-27)20-31(17-22(33)9-10-23(29)34)24(35)32(26)19-25(18-28)11-6-12-25/h3-5,7-8H,6,9-17,19-20H2,1-2H3,(H2,29,34). The second kappa shape index (κ2) is 9.62. The molecule has 1 aliphatic heterocycles. The number of hydrogen-bond donors (Lipinski definition) is 1. The van der Waals surface area contributed by atoms with Crippen molar-refractivity contribution in [2.45, 2.75) is 68.9 Å². The van der Waals surface area contributed by atoms with Gasteiger partial charge in [-0.3, -0.25) is 14.5 Å². The highest BCUT2D eigenvalue weighted by atomic mass is 16.2. The van der Waals surface area contributed by atoms with Crippen LogP contribution in [-0.2, 0) is 15.1 Å². The van der Waals surface area contributed by atoms with Crippen LogP contribution < -0.4 is 5.73 Å². The molecule has 3 fully saturated rings. The Morgan fingerprint density at radius 3 is 2.23 bits per heavy atom. The molecular formula is C27H37N5O3. The Labute approximate surface area is 208 Å². The molecule has 0 bridgehead atoms. The van der Waals surface area contributed by atoms with Gasteiger partial charge in [0.15, 0.2) is 5.78 Å². The average Bonchev–Trinajstić information content (AvgIpc) is 3.06. The molecule has 2 N–H and O–H groups in total. The van der Waals surface area contributed by atoms with Gasteiger partial charge >= 0.3 is 6.03 Å². The third-order valence-corrected chi connectivity index (χ3v) is 8.76. The Hall–Kier alpha value is -2.92. The summed E-state index contributed by atoms with van der Waals surface area (Å²) in [6.45, 7) is 0.893. The number of ketones is 1. The Kier molecular flexibility index (Phi) is 6.92. The molecular weight excluding hydrogens is 442 g/mol. The zero-order valence-electron chi connectivity index (χ0n) is 21.0. The van der Waals surface area contributed by atoms with Crippen LogP contribution in [0.1, 0.15) is 63.4 Å². The maximum atomic E-state index is 13.6. The lowest BCUT2D eigenvalue weighted by atomic mass is 9.66. The molecule has 1 heterocycles. The van der Waals surface area contributed by atoms with Gasteiger partial charge in [-0.05, 0) is 58.2 Å². The molecule has 0 radical (unpaired) electrons. The minimum Gasteiger partial charge on any atom is -0.370 e. The predicted molar refractivity (Wildman–Crippen MR) is 132 cm³/mol. The number of urea groups is 1. The van der Waals surface area contributed by atoms with Crippen molar-refractivity contribution >= 4 is 17.7 Å². The first kappa shape index (κ1) is 25.2. The van der Waals surface area contributed by atoms with Gasteiger partial charge in [-0.2, -0.15) is 5.26 Å². The van der Waals surface area contributed by atoms with Crippen molar-refractivity contribution in [1.82, 2.24) is 14.7 Å². The van der Waals surface area contributed by atoms with E-state index < -0.39 is 16.9 Å². The second-order valence-corrected chi connectivity index (χ2v) is 11.0. The van der Waals surface area contributed by atoms with Crippen LogP contribution in [0.4, 0.5) is 4.79 Å². The molecule has 3 amide bonds. The number of hydrogen-bond acceptors (Lipinski definition) is 5. The summed E-state index contributed by atoms with van der Waals surface area (Å²) in [5.74, 6) is -0.672. The molecule has 0 atom stereocenters. The van der Waals surface area contributed by atoms with Crippen LogP contribution in [0.15, 0.2) is 30.3 Å². The Bertz CT molecular complexity index is 1000. The van der Waals surface area contributed by atoms with Gasteiger partial charge in [0, 0.05) is 31.5 Å². The summed E-state index contributed by atoms with van der Waals surface area (Å²) in [6.07, 6.45) is 6.06. The fourth-order valence-electron chi connectivity index (χ4n) is 6.31. The minimum atomic E-state index is -0.515. The van der Waals surface area contributed by atoms with Crippen molar-refractivity contribution in [3.8, 4) is 6.07 Å². The van der Waals surface area contributed by atoms with E-state index in [1.54, 1.807) is 4.90 Å². The molecule has 35 heavy (non-hydrogen) atoms. The van der Waals surface area contributed by atoms with Crippen LogP contribution in [0, 0.1) is 16.7 Å². The molecule has 1 aromatic carbocycles. The van der Waals surface area contributed by atoms with Gasteiger partial charge in [-0.15, -0.1) is 0 Å². The summed E-state index contributed by atoms with van der Waals surface area (Å²) in [4.78, 5) is 43.1. The van der Waals surface area contributed by atoms with Gasteiger partial charge in [-0.1, -0.05) is 36.8 Å². The maximum absolute atomic E-state index is 13.6. The molecule has 8 heteroatoms. The summed E-state index contributed by atoms with van der Waals surface area (Å²) in [5.41, 5.74) is 5.49. The number of benzene rings is 1. The smallest absolute Gasteiger partial charge is 0.321 e. The number of nitriles is 1. The van der Waals surface area contributed by atoms with Crippen molar-refractivity contribution in [3.05, 3.63) is 35.9 Å². The first-order chi connectivity index (χ1) is 16.7. The Morgan fingerprint density at radius 1 is 1.06 bits per heavy atom. The van der Waals surface area contributed by atoms with Gasteiger partial charge < -0.3 is 15.5 Å². The number of nitrogens with two attached hydrogens (primary N) is 1. The molecule has 188 valence electrons. The largest absolute Gasteiger partial charge is 0.370 e. The van der Waals surface area contributed by atoms with Crippen molar-refractivity contribution < 1.29 is 14.4 Å². The minimum absolute atomic E-state index is 0.00427. The molecule has 0 unspecified atom stereocenters. The van der Waals surface area contributed by atoms with Crippen LogP contribution in [0.2, 0.25) is 0 Å². The van der Waals surface area contributed by atoms with Gasteiger partial charge in [0.1, 0.15) is 0 Å². The van der Waals surface area contributed by atoms with Gasteiger partial charge in [0.05, 0.1) is 23.6 Å². The number of primary amides is 1. The highest BCUT2D eigenvalue weighted by molar-refractivity contribution is 5.89. The lowest BCUT2D eigenvalue weighted by Crippen LogP contribution is -2.57. The van der Waals surface area contributed by atoms with Gasteiger partial charge in [-0.25, -0.2) is 4.79 Å². The predicted octanol–water partition coefficient (Wildman–Crippen LogP) is 3.02. The first-order valence-corrected chi connectivity index (χ1v) is 12.7. The van der Waals surface area contributed by atoms with E-state index in [9.17, 15) is 19.6 Å². The quantitative estimate of drug-likeness (QED) is 0.585. The third kappa shape index (κ3) is 4.66. The zero-order valence-corrected chi connectivity index (χ0v) is 21.0. The molecule has 1 spiro atoms. The van der Waals surface area contributed by atoms with E-state index in [2.05, 4.69) is 49.3 Å². The normalized spacial score (nSPS) is 27.7. The Morgan fingerprint density at radius 2 is 1.71 bits per heavy atom. The van der Waals surface area contributed by atoms with E-state index >= 15 is 0 Å². The molecule has 8 nitrogen and oxygen atoms in total. The molecule has 0 aromatic heterocycles. The lowest BCUT2D eigenvalue weighted by molar-refractivity contribution is -0.124. The molecule has 3 aliphatic rings. The average molecular weight is 480 g/mol. The van der Waals surface area contributed by atoms with E-state index in [0.717, 1.165) is 44.9 Å². The Balaban J connectivity index is 1.58. The van der Waals surface area contributed by atoms with Crippen molar-refractivity contribution in [2.75, 3.05) is 33.7 Å². The summed E-state index contributed by atoms with van der Waals surface area (Å²) in [5, 5.41) is 9.90. The van der Waals surface area contributed by atoms with Crippen LogP contribution >= 0.6 is 0 Å². The molecule has 2 saturated carbocycles. The molecule has 1 saturated heterocycles. The van der Waals surface area contributed by atoms with E-state index in [-0.39, 0.29) is 36.7 Å². The maximum Gasteiger partial charge on any atom is 0.321 e. The van der Waals surface area contributed by atoms with Crippen LogP contribution in [0.25, 0.3) is 0 Å². The van der Waals surface area contributed by atoms with Crippen molar-refractivity contribution in [3.63, 3.8) is 0 Å². The highest BCUT2D eigenvalue weighted by Gasteiger charge is 2.56. The summed E-state index contributed by atoms with van der Waals surface area (Å²) in [7, 11) is 4.23. The summed E-state index contributed by atoms with van der Waals surface area (Å²) in [6, 6.07) is 12.9. The highest BCUT2D eigenvalue weighted by Crippen LogP contribution is 2.51. The van der Waals surface area contributed by atoms with Crippen LogP contribution in [0.5, 0.6) is 0 Å². The van der Waals surface area contributed by atoms with E-state index in [1.165, 1.54) is 5.56 Å². The number of carbonyl (C=O) groups is 3. The monoisotopic (exact) mass is 479 g/mol. The van der Waals surface area contributed by atoms with Crippen LogP contribution in [-0.4, -0.2) is 71.7 Å². The molecule has 2 aliphatic carbocycles. The number of Topliss-reactive ketones (excluding diaryl/α,β-unsaturated/α-hetero) is 1. The topological polar surface area (TPSA) is 111 Å². The summed E-state index contributed by atoms with van der Waals surface area (Å²) < 4.78 is 0. The second-order valence-electron chi connectivity index (χ2n) is 11.0. The fourth-order valence-corrected chi connectivity index (χ4v) is 6.31. The van der Waals surface area contributed by atoms with Gasteiger partial charge in [0.2, 0.25) is 5.91 Å². The zero-order chi connectivity index (χ0) is 25.3. The SMILES string of the molecule is CN(C)C1(c2ccccc2)CCC2(CC1)CN(CC(=O)CCC(N)=O)C(=O)N2CC1(C#N)CCC1. The van der Waals surface area contributed by atoms with E-state index in [1.807, 2.05) is 11.0 Å². The van der Waals surface area contributed by atoms with E-state index in [4.69, 9.17) is 5.73 Å². The van der Waals surface area contributed by atoms with Gasteiger partial charge in [0.25, 0.3) is 0 Å². The number of rotatable bonds is 9. The first-order valence-electron chi connectivity index (χ1n) is 12.7. The number of carbonyl (C=O) groups excluding carboxylic acids is 3.